The summed E-state index contributed by atoms with van der Waals surface area (Å²) in [6.45, 7) is 1.30. The predicted molar refractivity (Wildman–Crippen MR) is 117 cm³/mol. The molecule has 0 fully saturated rings. The van der Waals surface area contributed by atoms with Crippen LogP contribution >= 0.6 is 0 Å². The minimum Gasteiger partial charge on any atom is -0.493 e. The fourth-order valence-corrected chi connectivity index (χ4v) is 3.14. The van der Waals surface area contributed by atoms with Crippen LogP contribution in [0.5, 0.6) is 11.5 Å². The highest BCUT2D eigenvalue weighted by molar-refractivity contribution is 6.13. The van der Waals surface area contributed by atoms with Crippen molar-refractivity contribution in [3.63, 3.8) is 0 Å². The first-order chi connectivity index (χ1) is 15.0. The van der Waals surface area contributed by atoms with Gasteiger partial charge < -0.3 is 14.2 Å². The second-order valence-corrected chi connectivity index (χ2v) is 6.78. The van der Waals surface area contributed by atoms with Crippen LogP contribution in [0.1, 0.15) is 18.1 Å². The van der Waals surface area contributed by atoms with E-state index in [1.54, 1.807) is 24.3 Å². The summed E-state index contributed by atoms with van der Waals surface area (Å²) in [5.74, 6) is -0.107. The van der Waals surface area contributed by atoms with E-state index in [0.717, 1.165) is 11.1 Å². The molecule has 0 saturated carbocycles. The molecule has 0 amide bonds. The van der Waals surface area contributed by atoms with Crippen molar-refractivity contribution in [3.8, 4) is 22.6 Å². The first-order valence-electron chi connectivity index (χ1n) is 9.58. The van der Waals surface area contributed by atoms with Crippen LogP contribution in [0.4, 0.5) is 0 Å². The highest BCUT2D eigenvalue weighted by Gasteiger charge is 2.24. The van der Waals surface area contributed by atoms with Gasteiger partial charge in [0.2, 0.25) is 5.90 Å². The average Bonchev–Trinajstić information content (AvgIpc) is 3.14. The molecule has 3 aromatic rings. The summed E-state index contributed by atoms with van der Waals surface area (Å²) in [6.07, 6.45) is 1.57. The van der Waals surface area contributed by atoms with Gasteiger partial charge in [0.1, 0.15) is 0 Å². The van der Waals surface area contributed by atoms with Crippen LogP contribution in [0.25, 0.3) is 17.2 Å². The summed E-state index contributed by atoms with van der Waals surface area (Å²) >= 11 is 0. The zero-order chi connectivity index (χ0) is 21.8. The van der Waals surface area contributed by atoms with E-state index in [0.29, 0.717) is 16.9 Å². The van der Waals surface area contributed by atoms with Gasteiger partial charge in [-0.3, -0.25) is 4.79 Å². The number of carbonyl (C=O) groups excluding carboxylic acids is 2. The second-order valence-electron chi connectivity index (χ2n) is 6.78. The molecule has 0 atom stereocenters. The summed E-state index contributed by atoms with van der Waals surface area (Å²) in [7, 11) is 1.48. The van der Waals surface area contributed by atoms with Crippen molar-refractivity contribution in [1.82, 2.24) is 0 Å². The Morgan fingerprint density at radius 1 is 0.903 bits per heavy atom. The van der Waals surface area contributed by atoms with Crippen LogP contribution in [0.3, 0.4) is 0 Å². The molecule has 0 unspecified atom stereocenters. The van der Waals surface area contributed by atoms with E-state index in [-0.39, 0.29) is 17.3 Å². The maximum atomic E-state index is 12.3. The Hall–Kier alpha value is -4.19. The van der Waals surface area contributed by atoms with Crippen molar-refractivity contribution < 1.29 is 23.8 Å². The van der Waals surface area contributed by atoms with Crippen LogP contribution < -0.4 is 9.47 Å². The first kappa shape index (κ1) is 20.1. The van der Waals surface area contributed by atoms with E-state index in [9.17, 15) is 9.59 Å². The molecule has 4 rings (SSSR count). The Morgan fingerprint density at radius 3 is 2.26 bits per heavy atom. The predicted octanol–water partition coefficient (Wildman–Crippen LogP) is 4.63. The summed E-state index contributed by atoms with van der Waals surface area (Å²) in [4.78, 5) is 28.0. The Balaban J connectivity index is 1.60. The van der Waals surface area contributed by atoms with Crippen LogP contribution in [0, 0.1) is 0 Å². The van der Waals surface area contributed by atoms with Crippen LogP contribution in [0.15, 0.2) is 83.5 Å². The van der Waals surface area contributed by atoms with Crippen molar-refractivity contribution >= 4 is 23.9 Å². The fourth-order valence-electron chi connectivity index (χ4n) is 3.14. The Morgan fingerprint density at radius 2 is 1.58 bits per heavy atom. The van der Waals surface area contributed by atoms with Gasteiger partial charge in [-0.2, -0.15) is 0 Å². The number of esters is 2. The van der Waals surface area contributed by atoms with Gasteiger partial charge in [0, 0.05) is 12.5 Å². The van der Waals surface area contributed by atoms with Gasteiger partial charge in [-0.15, -0.1) is 0 Å². The standard InChI is InChI=1S/C25H19NO5/c1-16(27)30-23-15-17(8-13-22(23)29-2)14-21-25(28)31-24(26-21)20-11-9-19(10-12-20)18-6-4-3-5-7-18/h3-15H,1-2H3/b21-14+. The highest BCUT2D eigenvalue weighted by atomic mass is 16.6. The third-order valence-corrected chi connectivity index (χ3v) is 4.60. The van der Waals surface area contributed by atoms with Crippen molar-refractivity contribution in [2.75, 3.05) is 7.11 Å². The molecule has 1 heterocycles. The van der Waals surface area contributed by atoms with Gasteiger partial charge in [-0.25, -0.2) is 9.79 Å². The lowest BCUT2D eigenvalue weighted by molar-refractivity contribution is -0.132. The molecular formula is C25H19NO5. The van der Waals surface area contributed by atoms with Crippen LogP contribution in [-0.4, -0.2) is 24.9 Å². The molecule has 0 spiro atoms. The molecule has 0 bridgehead atoms. The molecule has 6 nitrogen and oxygen atoms in total. The van der Waals surface area contributed by atoms with E-state index in [2.05, 4.69) is 4.99 Å². The minimum atomic E-state index is -0.549. The second kappa shape index (κ2) is 8.67. The zero-order valence-electron chi connectivity index (χ0n) is 17.0. The molecule has 0 saturated heterocycles. The Kier molecular flexibility index (Phi) is 5.62. The van der Waals surface area contributed by atoms with Crippen molar-refractivity contribution in [1.29, 1.82) is 0 Å². The average molecular weight is 413 g/mol. The van der Waals surface area contributed by atoms with Crippen molar-refractivity contribution in [2.24, 2.45) is 4.99 Å². The number of cyclic esters (lactones) is 1. The lowest BCUT2D eigenvalue weighted by Crippen LogP contribution is -2.05. The molecule has 6 heteroatoms. The van der Waals surface area contributed by atoms with Crippen LogP contribution in [0.2, 0.25) is 0 Å². The Labute approximate surface area is 179 Å². The SMILES string of the molecule is COc1ccc(/C=C2/N=C(c3ccc(-c4ccccc4)cc3)OC2=O)cc1OC(C)=O. The van der Waals surface area contributed by atoms with Gasteiger partial charge in [-0.05, 0) is 47.0 Å². The van der Waals surface area contributed by atoms with Crippen molar-refractivity contribution in [2.45, 2.75) is 6.92 Å². The van der Waals surface area contributed by atoms with Gasteiger partial charge >= 0.3 is 11.9 Å². The van der Waals surface area contributed by atoms with E-state index >= 15 is 0 Å². The van der Waals surface area contributed by atoms with E-state index < -0.39 is 11.9 Å². The molecule has 0 aliphatic carbocycles. The topological polar surface area (TPSA) is 74.2 Å². The summed E-state index contributed by atoms with van der Waals surface area (Å²) in [6, 6.07) is 22.6. The molecular weight excluding hydrogens is 394 g/mol. The number of nitrogens with zero attached hydrogens (tertiary/aromatic N) is 1. The maximum Gasteiger partial charge on any atom is 0.363 e. The summed E-state index contributed by atoms with van der Waals surface area (Å²) in [5.41, 5.74) is 3.63. The van der Waals surface area contributed by atoms with Gasteiger partial charge in [0.05, 0.1) is 7.11 Å². The molecule has 154 valence electrons. The fraction of sp³-hybridized carbons (Fsp3) is 0.0800. The third-order valence-electron chi connectivity index (χ3n) is 4.60. The maximum absolute atomic E-state index is 12.3. The molecule has 1 aliphatic rings. The number of rotatable bonds is 5. The van der Waals surface area contributed by atoms with Crippen molar-refractivity contribution in [3.05, 3.63) is 89.6 Å². The number of hydrogen-bond acceptors (Lipinski definition) is 6. The summed E-state index contributed by atoms with van der Waals surface area (Å²) in [5, 5.41) is 0. The number of methoxy groups -OCH3 is 1. The minimum absolute atomic E-state index is 0.154. The van der Waals surface area contributed by atoms with Crippen LogP contribution in [-0.2, 0) is 14.3 Å². The number of benzene rings is 3. The number of ether oxygens (including phenoxy) is 3. The number of carbonyl (C=O) groups is 2. The first-order valence-corrected chi connectivity index (χ1v) is 9.58. The van der Waals surface area contributed by atoms with E-state index in [1.807, 2.05) is 54.6 Å². The Bertz CT molecular complexity index is 1190. The number of aliphatic imine (C=N–C) groups is 1. The quantitative estimate of drug-likeness (QED) is 0.346. The molecule has 1 aliphatic heterocycles. The molecule has 31 heavy (non-hydrogen) atoms. The van der Waals surface area contributed by atoms with Gasteiger partial charge in [-0.1, -0.05) is 48.5 Å². The van der Waals surface area contributed by atoms with E-state index in [4.69, 9.17) is 14.2 Å². The molecule has 0 radical (unpaired) electrons. The monoisotopic (exact) mass is 413 g/mol. The lowest BCUT2D eigenvalue weighted by Gasteiger charge is -2.08. The molecule has 3 aromatic carbocycles. The zero-order valence-corrected chi connectivity index (χ0v) is 17.0. The van der Waals surface area contributed by atoms with Gasteiger partial charge in [0.25, 0.3) is 0 Å². The molecule has 0 N–H and O–H groups in total. The summed E-state index contributed by atoms with van der Waals surface area (Å²) < 4.78 is 15.7. The lowest BCUT2D eigenvalue weighted by atomic mass is 10.0. The highest BCUT2D eigenvalue weighted by Crippen LogP contribution is 2.30. The largest absolute Gasteiger partial charge is 0.493 e. The smallest absolute Gasteiger partial charge is 0.363 e. The number of hydrogen-bond donors (Lipinski definition) is 0. The molecule has 0 aromatic heterocycles. The third kappa shape index (κ3) is 4.53. The normalized spacial score (nSPS) is 14.2. The van der Waals surface area contributed by atoms with Gasteiger partial charge in [0.15, 0.2) is 17.2 Å². The van der Waals surface area contributed by atoms with E-state index in [1.165, 1.54) is 14.0 Å².